The average molecular weight is 932 g/mol. The molecule has 3 N–H and O–H groups in total. The van der Waals surface area contributed by atoms with Crippen LogP contribution in [0.25, 0.3) is 11.0 Å². The first kappa shape index (κ1) is 43.6. The second kappa shape index (κ2) is 18.3. The molecule has 3 aliphatic rings. The van der Waals surface area contributed by atoms with Gasteiger partial charge in [-0.25, -0.2) is 13.8 Å². The van der Waals surface area contributed by atoms with Gasteiger partial charge in [0.25, 0.3) is 0 Å². The molecule has 0 spiro atoms. The number of piperazine rings is 1. The Balaban J connectivity index is 0.889. The molecule has 0 radical (unpaired) electrons. The lowest BCUT2D eigenvalue weighted by molar-refractivity contribution is -0.134. The van der Waals surface area contributed by atoms with Gasteiger partial charge < -0.3 is 24.8 Å². The predicted octanol–water partition coefficient (Wildman–Crippen LogP) is 7.07. The SMILES string of the molecule is CCc1cc(Nc2ncc(Br)c(Nc3ccc4nccnc4c3P(C)(C)=O)n2)c(OC)cc1N1CCC(N2CCN(Cc3cc(F)c(C4CCC(=O)NC4=O)c(F)c3)CC2)CC1. The summed E-state index contributed by atoms with van der Waals surface area (Å²) < 4.78 is 50.4. The third-order valence-corrected chi connectivity index (χ3v) is 14.1. The van der Waals surface area contributed by atoms with Crippen molar-refractivity contribution < 1.29 is 27.7 Å². The summed E-state index contributed by atoms with van der Waals surface area (Å²) in [5.41, 5.74) is 5.17. The van der Waals surface area contributed by atoms with Gasteiger partial charge in [-0.15, -0.1) is 0 Å². The number of anilines is 5. The molecule has 326 valence electrons. The molecule has 3 aromatic carbocycles. The Bertz CT molecular complexity index is 2540. The number of aromatic nitrogens is 4. The normalized spacial score (nSPS) is 18.2. The largest absolute Gasteiger partial charge is 0.494 e. The summed E-state index contributed by atoms with van der Waals surface area (Å²) in [6.07, 6.45) is 7.84. The molecule has 0 saturated carbocycles. The van der Waals surface area contributed by atoms with Gasteiger partial charge in [-0.3, -0.25) is 34.7 Å². The second-order valence-corrected chi connectivity index (χ2v) is 20.4. The van der Waals surface area contributed by atoms with Gasteiger partial charge in [0.05, 0.1) is 39.7 Å². The van der Waals surface area contributed by atoms with Crippen LogP contribution in [-0.4, -0.2) is 107 Å². The molecule has 1 atom stereocenters. The monoisotopic (exact) mass is 930 g/mol. The number of ether oxygens (including phenoxy) is 1. The highest BCUT2D eigenvalue weighted by atomic mass is 79.9. The molecule has 5 heterocycles. The van der Waals surface area contributed by atoms with Gasteiger partial charge in [-0.05, 0) is 96.4 Å². The number of aryl methyl sites for hydroxylation is 1. The average Bonchev–Trinajstić information content (AvgIpc) is 3.25. The summed E-state index contributed by atoms with van der Waals surface area (Å²) in [5.74, 6) is -2.07. The van der Waals surface area contributed by atoms with Crippen molar-refractivity contribution in [3.05, 3.63) is 87.8 Å². The molecule has 3 fully saturated rings. The number of nitrogens with one attached hydrogen (secondary N) is 3. The van der Waals surface area contributed by atoms with Gasteiger partial charge in [-0.2, -0.15) is 4.98 Å². The number of rotatable bonds is 12. The molecular weight excluding hydrogens is 881 g/mol. The highest BCUT2D eigenvalue weighted by Gasteiger charge is 2.34. The Morgan fingerprint density at radius 2 is 1.65 bits per heavy atom. The lowest BCUT2D eigenvalue weighted by Gasteiger charge is -2.43. The summed E-state index contributed by atoms with van der Waals surface area (Å²) >= 11 is 3.58. The molecule has 2 aromatic heterocycles. The number of hydrogen-bond donors (Lipinski definition) is 3. The zero-order chi connectivity index (χ0) is 43.7. The molecule has 3 saturated heterocycles. The number of fused-ring (bicyclic) bond motifs is 1. The van der Waals surface area contributed by atoms with E-state index in [-0.39, 0.29) is 18.4 Å². The number of hydrogen-bond acceptors (Lipinski definition) is 13. The van der Waals surface area contributed by atoms with Crippen LogP contribution in [0.15, 0.2) is 59.5 Å². The van der Waals surface area contributed by atoms with E-state index < -0.39 is 36.5 Å². The summed E-state index contributed by atoms with van der Waals surface area (Å²) in [7, 11) is -1.14. The van der Waals surface area contributed by atoms with Gasteiger partial charge in [0, 0.05) is 94.2 Å². The van der Waals surface area contributed by atoms with Crippen LogP contribution in [-0.2, 0) is 27.1 Å². The van der Waals surface area contributed by atoms with Crippen LogP contribution >= 0.6 is 23.1 Å². The van der Waals surface area contributed by atoms with Crippen molar-refractivity contribution in [2.75, 3.05) is 75.2 Å². The molecular formula is C44H50BrF2N10O4P. The number of methoxy groups -OCH3 is 1. The van der Waals surface area contributed by atoms with Crippen LogP contribution in [0.2, 0.25) is 0 Å². The highest BCUT2D eigenvalue weighted by Crippen LogP contribution is 2.42. The lowest BCUT2D eigenvalue weighted by Crippen LogP contribution is -2.53. The van der Waals surface area contributed by atoms with Gasteiger partial charge in [0.15, 0.2) is 0 Å². The van der Waals surface area contributed by atoms with Crippen molar-refractivity contribution in [1.29, 1.82) is 0 Å². The minimum atomic E-state index is -2.79. The molecule has 2 amide bonds. The smallest absolute Gasteiger partial charge is 0.234 e. The lowest BCUT2D eigenvalue weighted by atomic mass is 9.89. The van der Waals surface area contributed by atoms with E-state index in [0.717, 1.165) is 75.5 Å². The minimum Gasteiger partial charge on any atom is -0.494 e. The van der Waals surface area contributed by atoms with Gasteiger partial charge in [-0.1, -0.05) is 6.92 Å². The van der Waals surface area contributed by atoms with Crippen molar-refractivity contribution in [2.45, 2.75) is 57.5 Å². The van der Waals surface area contributed by atoms with Crippen LogP contribution in [0.4, 0.5) is 37.6 Å². The quantitative estimate of drug-likeness (QED) is 0.0863. The molecule has 18 heteroatoms. The standard InChI is InChI=1S/C44H50BrF2N10O4P/c1-5-27-22-35(52-44-50-24-30(45)42(54-44)51-34-8-7-33-40(49-13-12-48-33)41(34)62(3,4)60)37(61-2)23-36(27)57-14-10-28(11-15-57)56-18-16-55(17-19-56)25-26-20-31(46)39(32(47)21-26)29-6-9-38(58)53-43(29)59/h7-8,12-13,20-24,28-29H,5-6,9-11,14-19,25H2,1-4H3,(H,53,58,59)(H2,50,51,52,54). The first-order valence-corrected chi connectivity index (χ1v) is 24.3. The van der Waals surface area contributed by atoms with Gasteiger partial charge in [0.2, 0.25) is 17.8 Å². The fraction of sp³-hybridized carbons (Fsp3) is 0.409. The maximum Gasteiger partial charge on any atom is 0.234 e. The van der Waals surface area contributed by atoms with E-state index in [9.17, 15) is 14.2 Å². The molecule has 1 unspecified atom stereocenters. The van der Waals surface area contributed by atoms with Gasteiger partial charge in [0.1, 0.15) is 35.9 Å². The number of carbonyl (C=O) groups excluding carboxylic acids is 2. The molecule has 0 bridgehead atoms. The number of amides is 2. The van der Waals surface area contributed by atoms with E-state index in [4.69, 9.17) is 9.72 Å². The number of nitrogens with zero attached hydrogens (tertiary/aromatic N) is 7. The van der Waals surface area contributed by atoms with E-state index in [1.165, 1.54) is 12.1 Å². The van der Waals surface area contributed by atoms with Crippen LogP contribution in [0.3, 0.4) is 0 Å². The molecule has 14 nitrogen and oxygen atoms in total. The zero-order valence-electron chi connectivity index (χ0n) is 35.2. The van der Waals surface area contributed by atoms with E-state index in [1.54, 1.807) is 39.0 Å². The first-order valence-electron chi connectivity index (χ1n) is 20.9. The number of benzene rings is 3. The van der Waals surface area contributed by atoms with Crippen molar-refractivity contribution in [3.63, 3.8) is 0 Å². The summed E-state index contributed by atoms with van der Waals surface area (Å²) in [4.78, 5) is 49.2. The summed E-state index contributed by atoms with van der Waals surface area (Å²) in [6, 6.07) is 11.0. The van der Waals surface area contributed by atoms with E-state index in [1.807, 2.05) is 12.1 Å². The fourth-order valence-electron chi connectivity index (χ4n) is 8.94. The fourth-order valence-corrected chi connectivity index (χ4v) is 10.6. The van der Waals surface area contributed by atoms with E-state index >= 15 is 8.78 Å². The van der Waals surface area contributed by atoms with E-state index in [0.29, 0.717) is 62.2 Å². The Labute approximate surface area is 367 Å². The number of imide groups is 1. The maximum atomic E-state index is 15.2. The molecule has 62 heavy (non-hydrogen) atoms. The summed E-state index contributed by atoms with van der Waals surface area (Å²) in [5, 5.41) is 9.52. The molecule has 8 rings (SSSR count). The molecule has 0 aliphatic carbocycles. The highest BCUT2D eigenvalue weighted by molar-refractivity contribution is 9.10. The minimum absolute atomic E-state index is 0.0585. The van der Waals surface area contributed by atoms with Crippen LogP contribution in [0.1, 0.15) is 55.2 Å². The number of carbonyl (C=O) groups is 2. The molecule has 5 aromatic rings. The Morgan fingerprint density at radius 1 is 0.919 bits per heavy atom. The second-order valence-electron chi connectivity index (χ2n) is 16.4. The van der Waals surface area contributed by atoms with Crippen LogP contribution in [0, 0.1) is 11.6 Å². The van der Waals surface area contributed by atoms with Gasteiger partial charge >= 0.3 is 0 Å². The number of halogens is 3. The van der Waals surface area contributed by atoms with Crippen molar-refractivity contribution in [2.24, 2.45) is 0 Å². The molecule has 3 aliphatic heterocycles. The third kappa shape index (κ3) is 9.31. The first-order chi connectivity index (χ1) is 29.8. The Kier molecular flexibility index (Phi) is 12.9. The number of piperidine rings is 2. The predicted molar refractivity (Wildman–Crippen MR) is 241 cm³/mol. The Hall–Kier alpha value is -5.09. The van der Waals surface area contributed by atoms with Crippen LogP contribution in [0.5, 0.6) is 5.75 Å². The third-order valence-electron chi connectivity index (χ3n) is 12.0. The van der Waals surface area contributed by atoms with Crippen molar-refractivity contribution in [3.8, 4) is 5.75 Å². The topological polar surface area (TPSA) is 158 Å². The zero-order valence-corrected chi connectivity index (χ0v) is 37.7. The Morgan fingerprint density at radius 3 is 2.32 bits per heavy atom. The van der Waals surface area contributed by atoms with Crippen molar-refractivity contribution in [1.82, 2.24) is 35.1 Å². The summed E-state index contributed by atoms with van der Waals surface area (Å²) in [6.45, 7) is 11.1. The van der Waals surface area contributed by atoms with Crippen molar-refractivity contribution >= 4 is 80.1 Å². The van der Waals surface area contributed by atoms with Crippen LogP contribution < -0.4 is 30.9 Å². The maximum absolute atomic E-state index is 15.2. The van der Waals surface area contributed by atoms with E-state index in [2.05, 4.69) is 80.6 Å².